The van der Waals surface area contributed by atoms with Crippen LogP contribution in [0.2, 0.25) is 0 Å². The van der Waals surface area contributed by atoms with Crippen molar-refractivity contribution >= 4 is 17.8 Å². The Bertz CT molecular complexity index is 315. The van der Waals surface area contributed by atoms with E-state index in [1.54, 1.807) is 0 Å². The molecule has 0 aromatic heterocycles. The number of aliphatic hydroxyl groups excluding tert-OH is 1. The van der Waals surface area contributed by atoms with Crippen molar-refractivity contribution in [2.45, 2.75) is 45.3 Å². The topological polar surface area (TPSA) is 124 Å². The first kappa shape index (κ1) is 16.4. The molecule has 0 unspecified atom stereocenters. The maximum absolute atomic E-state index is 11.5. The van der Waals surface area contributed by atoms with Gasteiger partial charge in [0.25, 0.3) is 0 Å². The first-order valence-electron chi connectivity index (χ1n) is 5.67. The number of aliphatic carboxylic acids is 2. The van der Waals surface area contributed by atoms with E-state index in [2.05, 4.69) is 5.32 Å². The number of carbonyl (C=O) groups excluding carboxylic acids is 1. The predicted octanol–water partition coefficient (Wildman–Crippen LogP) is -0.172. The number of carbonyl (C=O) groups is 3. The average Bonchev–Trinajstić information content (AvgIpc) is 2.21. The number of hydrogen-bond acceptors (Lipinski definition) is 4. The summed E-state index contributed by atoms with van der Waals surface area (Å²) in [6.45, 7) is 3.63. The van der Waals surface area contributed by atoms with Gasteiger partial charge in [0.15, 0.2) is 0 Å². The summed E-state index contributed by atoms with van der Waals surface area (Å²) in [7, 11) is 0. The molecule has 7 heteroatoms. The minimum Gasteiger partial charge on any atom is -0.481 e. The SMILES string of the molecule is CC(C)C[C@H](O)C(=O)N[C@@H](CCC(=O)O)C(=O)O. The number of amides is 1. The summed E-state index contributed by atoms with van der Waals surface area (Å²) in [6.07, 6.45) is -1.64. The lowest BCUT2D eigenvalue weighted by Crippen LogP contribution is -2.46. The number of rotatable bonds is 8. The fourth-order valence-corrected chi connectivity index (χ4v) is 1.35. The molecule has 0 saturated heterocycles. The van der Waals surface area contributed by atoms with E-state index >= 15 is 0 Å². The monoisotopic (exact) mass is 261 g/mol. The smallest absolute Gasteiger partial charge is 0.326 e. The molecule has 0 rings (SSSR count). The van der Waals surface area contributed by atoms with Crippen molar-refractivity contribution in [2.75, 3.05) is 0 Å². The average molecular weight is 261 g/mol. The first-order chi connectivity index (χ1) is 8.23. The van der Waals surface area contributed by atoms with Crippen molar-refractivity contribution in [3.8, 4) is 0 Å². The van der Waals surface area contributed by atoms with E-state index in [1.807, 2.05) is 13.8 Å². The molecule has 0 radical (unpaired) electrons. The highest BCUT2D eigenvalue weighted by Gasteiger charge is 2.24. The van der Waals surface area contributed by atoms with Crippen LogP contribution in [0.15, 0.2) is 0 Å². The van der Waals surface area contributed by atoms with E-state index in [1.165, 1.54) is 0 Å². The molecule has 2 atom stereocenters. The van der Waals surface area contributed by atoms with Crippen molar-refractivity contribution in [3.63, 3.8) is 0 Å². The van der Waals surface area contributed by atoms with Gasteiger partial charge in [0.05, 0.1) is 0 Å². The zero-order chi connectivity index (χ0) is 14.3. The van der Waals surface area contributed by atoms with Crippen molar-refractivity contribution in [2.24, 2.45) is 5.92 Å². The Morgan fingerprint density at radius 2 is 1.72 bits per heavy atom. The van der Waals surface area contributed by atoms with Crippen LogP contribution in [0.4, 0.5) is 0 Å². The highest BCUT2D eigenvalue weighted by Crippen LogP contribution is 2.06. The molecule has 4 N–H and O–H groups in total. The Morgan fingerprint density at radius 1 is 1.17 bits per heavy atom. The van der Waals surface area contributed by atoms with Crippen LogP contribution in [0.5, 0.6) is 0 Å². The molecule has 18 heavy (non-hydrogen) atoms. The molecule has 0 aliphatic carbocycles. The lowest BCUT2D eigenvalue weighted by Gasteiger charge is -2.17. The predicted molar refractivity (Wildman–Crippen MR) is 61.9 cm³/mol. The fourth-order valence-electron chi connectivity index (χ4n) is 1.35. The van der Waals surface area contributed by atoms with E-state index < -0.39 is 30.0 Å². The summed E-state index contributed by atoms with van der Waals surface area (Å²) < 4.78 is 0. The molecule has 104 valence electrons. The van der Waals surface area contributed by atoms with Crippen LogP contribution in [-0.2, 0) is 14.4 Å². The first-order valence-corrected chi connectivity index (χ1v) is 5.67. The molecular formula is C11H19NO6. The maximum atomic E-state index is 11.5. The van der Waals surface area contributed by atoms with E-state index in [9.17, 15) is 19.5 Å². The van der Waals surface area contributed by atoms with Gasteiger partial charge in [-0.2, -0.15) is 0 Å². The highest BCUT2D eigenvalue weighted by atomic mass is 16.4. The summed E-state index contributed by atoms with van der Waals surface area (Å²) in [4.78, 5) is 32.6. The molecule has 0 aliphatic rings. The highest BCUT2D eigenvalue weighted by molar-refractivity contribution is 5.86. The Morgan fingerprint density at radius 3 is 2.11 bits per heavy atom. The molecule has 0 fully saturated rings. The summed E-state index contributed by atoms with van der Waals surface area (Å²) in [5.41, 5.74) is 0. The third-order valence-electron chi connectivity index (χ3n) is 2.26. The number of carboxylic acids is 2. The molecule has 0 aromatic rings. The van der Waals surface area contributed by atoms with Crippen LogP contribution in [0.3, 0.4) is 0 Å². The zero-order valence-electron chi connectivity index (χ0n) is 10.4. The molecule has 0 aromatic carbocycles. The van der Waals surface area contributed by atoms with Gasteiger partial charge >= 0.3 is 11.9 Å². The van der Waals surface area contributed by atoms with Gasteiger partial charge in [0, 0.05) is 6.42 Å². The van der Waals surface area contributed by atoms with Crippen LogP contribution in [0.1, 0.15) is 33.1 Å². The second kappa shape index (κ2) is 7.65. The van der Waals surface area contributed by atoms with Crippen LogP contribution in [0, 0.1) is 5.92 Å². The molecular weight excluding hydrogens is 242 g/mol. The van der Waals surface area contributed by atoms with Gasteiger partial charge in [-0.15, -0.1) is 0 Å². The molecule has 0 bridgehead atoms. The minimum atomic E-state index is -1.32. The van der Waals surface area contributed by atoms with Crippen molar-refractivity contribution < 1.29 is 29.7 Å². The van der Waals surface area contributed by atoms with E-state index in [0.29, 0.717) is 0 Å². The van der Waals surface area contributed by atoms with Gasteiger partial charge < -0.3 is 20.6 Å². The largest absolute Gasteiger partial charge is 0.481 e. The van der Waals surface area contributed by atoms with Gasteiger partial charge in [-0.3, -0.25) is 9.59 Å². The summed E-state index contributed by atoms with van der Waals surface area (Å²) in [6, 6.07) is -1.30. The van der Waals surface area contributed by atoms with Gasteiger partial charge in [-0.05, 0) is 18.8 Å². The summed E-state index contributed by atoms with van der Waals surface area (Å²) in [5, 5.41) is 28.9. The third-order valence-corrected chi connectivity index (χ3v) is 2.26. The van der Waals surface area contributed by atoms with Gasteiger partial charge in [-0.1, -0.05) is 13.8 Å². The number of carboxylic acid groups (broad SMARTS) is 2. The van der Waals surface area contributed by atoms with Crippen LogP contribution in [0.25, 0.3) is 0 Å². The zero-order valence-corrected chi connectivity index (χ0v) is 10.4. The minimum absolute atomic E-state index is 0.0908. The van der Waals surface area contributed by atoms with Crippen molar-refractivity contribution in [3.05, 3.63) is 0 Å². The van der Waals surface area contributed by atoms with Crippen LogP contribution >= 0.6 is 0 Å². The van der Waals surface area contributed by atoms with Crippen molar-refractivity contribution in [1.82, 2.24) is 5.32 Å². The standard InChI is InChI=1S/C11H19NO6/c1-6(2)5-8(13)10(16)12-7(11(17)18)3-4-9(14)15/h6-8,13H,3-5H2,1-2H3,(H,12,16)(H,14,15)(H,17,18)/t7-,8-/m0/s1. The van der Waals surface area contributed by atoms with E-state index in [0.717, 1.165) is 0 Å². The normalized spacial score (nSPS) is 14.0. The Kier molecular flexibility index (Phi) is 6.96. The molecule has 0 heterocycles. The van der Waals surface area contributed by atoms with E-state index in [4.69, 9.17) is 10.2 Å². The number of hydrogen-bond donors (Lipinski definition) is 4. The third kappa shape index (κ3) is 6.85. The summed E-state index contributed by atoms with van der Waals surface area (Å²) in [5.74, 6) is -3.16. The lowest BCUT2D eigenvalue weighted by atomic mass is 10.0. The Labute approximate surface area is 105 Å². The van der Waals surface area contributed by atoms with Crippen molar-refractivity contribution in [1.29, 1.82) is 0 Å². The summed E-state index contributed by atoms with van der Waals surface area (Å²) >= 11 is 0. The van der Waals surface area contributed by atoms with Gasteiger partial charge in [0.2, 0.25) is 5.91 Å². The second-order valence-corrected chi connectivity index (χ2v) is 4.48. The number of aliphatic hydroxyl groups is 1. The number of nitrogens with one attached hydrogen (secondary N) is 1. The molecule has 0 saturated carbocycles. The quantitative estimate of drug-likeness (QED) is 0.481. The second-order valence-electron chi connectivity index (χ2n) is 4.48. The lowest BCUT2D eigenvalue weighted by molar-refractivity contribution is -0.144. The molecule has 7 nitrogen and oxygen atoms in total. The fraction of sp³-hybridized carbons (Fsp3) is 0.727. The van der Waals surface area contributed by atoms with Crippen LogP contribution in [-0.4, -0.2) is 45.3 Å². The maximum Gasteiger partial charge on any atom is 0.326 e. The Hall–Kier alpha value is -1.63. The van der Waals surface area contributed by atoms with Gasteiger partial charge in [-0.25, -0.2) is 4.79 Å². The molecule has 0 aliphatic heterocycles. The Balaban J connectivity index is 4.35. The van der Waals surface area contributed by atoms with Crippen LogP contribution < -0.4 is 5.32 Å². The van der Waals surface area contributed by atoms with E-state index in [-0.39, 0.29) is 25.2 Å². The molecule has 0 spiro atoms. The van der Waals surface area contributed by atoms with Gasteiger partial charge in [0.1, 0.15) is 12.1 Å². The molecule has 1 amide bonds.